The summed E-state index contributed by atoms with van der Waals surface area (Å²) in [6.45, 7) is 2.34. The van der Waals surface area contributed by atoms with Gasteiger partial charge in [0.25, 0.3) is 0 Å². The fourth-order valence-electron chi connectivity index (χ4n) is 1.89. The van der Waals surface area contributed by atoms with Crippen molar-refractivity contribution in [3.05, 3.63) is 52.1 Å². The summed E-state index contributed by atoms with van der Waals surface area (Å²) in [4.78, 5) is 15.5. The largest absolute Gasteiger partial charge is 0.486 e. The van der Waals surface area contributed by atoms with Crippen molar-refractivity contribution in [3.8, 4) is 5.75 Å². The van der Waals surface area contributed by atoms with Crippen molar-refractivity contribution in [2.45, 2.75) is 13.5 Å². The maximum absolute atomic E-state index is 10.8. The van der Waals surface area contributed by atoms with Gasteiger partial charge in [-0.25, -0.2) is 9.78 Å². The summed E-state index contributed by atoms with van der Waals surface area (Å²) in [6.07, 6.45) is 3.91. The number of nitrogens with zero attached hydrogens (tertiary/aromatic N) is 2. The Bertz CT molecular complexity index is 776. The number of rotatable bonds is 4. The molecule has 3 heterocycles. The lowest BCUT2D eigenvalue weighted by Gasteiger charge is -1.99. The zero-order chi connectivity index (χ0) is 14.1. The van der Waals surface area contributed by atoms with Crippen molar-refractivity contribution < 1.29 is 14.6 Å². The minimum atomic E-state index is -0.937. The van der Waals surface area contributed by atoms with E-state index in [1.165, 1.54) is 6.07 Å². The summed E-state index contributed by atoms with van der Waals surface area (Å²) in [7, 11) is 0. The molecule has 0 unspecified atom stereocenters. The van der Waals surface area contributed by atoms with Crippen molar-refractivity contribution in [3.63, 3.8) is 0 Å². The van der Waals surface area contributed by atoms with Crippen LogP contribution in [0.25, 0.3) is 5.65 Å². The van der Waals surface area contributed by atoms with Crippen molar-refractivity contribution in [2.24, 2.45) is 0 Å². The third-order valence-corrected chi connectivity index (χ3v) is 3.72. The topological polar surface area (TPSA) is 63.8 Å². The van der Waals surface area contributed by atoms with Crippen LogP contribution >= 0.6 is 11.3 Å². The first-order valence-corrected chi connectivity index (χ1v) is 6.88. The van der Waals surface area contributed by atoms with Crippen LogP contribution in [0.5, 0.6) is 5.75 Å². The Hall–Kier alpha value is -2.34. The molecule has 0 aromatic carbocycles. The molecule has 0 saturated heterocycles. The average Bonchev–Trinajstić information content (AvgIpc) is 3.01. The summed E-state index contributed by atoms with van der Waals surface area (Å²) in [5.74, 6) is -0.381. The number of aryl methyl sites for hydroxylation is 1. The molecule has 5 nitrogen and oxygen atoms in total. The molecule has 0 atom stereocenters. The molecule has 20 heavy (non-hydrogen) atoms. The molecular weight excluding hydrogens is 276 g/mol. The summed E-state index contributed by atoms with van der Waals surface area (Å²) >= 11 is 1.15. The predicted molar refractivity (Wildman–Crippen MR) is 75.5 cm³/mol. The van der Waals surface area contributed by atoms with Crippen LogP contribution in [0.15, 0.2) is 36.0 Å². The molecule has 3 aromatic heterocycles. The van der Waals surface area contributed by atoms with Crippen LogP contribution in [-0.4, -0.2) is 20.5 Å². The second-order valence-electron chi connectivity index (χ2n) is 4.44. The van der Waals surface area contributed by atoms with Gasteiger partial charge in [0.05, 0.1) is 5.69 Å². The first kappa shape index (κ1) is 12.7. The lowest BCUT2D eigenvalue weighted by Crippen LogP contribution is -1.95. The van der Waals surface area contributed by atoms with E-state index in [1.807, 2.05) is 35.9 Å². The normalized spacial score (nSPS) is 10.8. The molecule has 1 N–H and O–H groups in total. The van der Waals surface area contributed by atoms with Crippen LogP contribution < -0.4 is 4.74 Å². The zero-order valence-corrected chi connectivity index (χ0v) is 11.6. The molecule has 0 aliphatic rings. The van der Waals surface area contributed by atoms with Gasteiger partial charge in [0.15, 0.2) is 0 Å². The van der Waals surface area contributed by atoms with Gasteiger partial charge >= 0.3 is 5.97 Å². The summed E-state index contributed by atoms with van der Waals surface area (Å²) in [5, 5.41) is 10.5. The van der Waals surface area contributed by atoms with Crippen LogP contribution in [0.2, 0.25) is 0 Å². The van der Waals surface area contributed by atoms with Gasteiger partial charge < -0.3 is 14.2 Å². The molecule has 0 amide bonds. The highest BCUT2D eigenvalue weighted by Gasteiger charge is 2.08. The van der Waals surface area contributed by atoms with E-state index in [0.717, 1.165) is 28.2 Å². The van der Waals surface area contributed by atoms with Crippen molar-refractivity contribution in [2.75, 3.05) is 0 Å². The van der Waals surface area contributed by atoms with Crippen LogP contribution in [0.3, 0.4) is 0 Å². The zero-order valence-electron chi connectivity index (χ0n) is 10.7. The molecule has 0 aliphatic carbocycles. The van der Waals surface area contributed by atoms with Gasteiger partial charge in [-0.15, -0.1) is 11.3 Å². The van der Waals surface area contributed by atoms with E-state index in [4.69, 9.17) is 9.84 Å². The molecule has 102 valence electrons. The highest BCUT2D eigenvalue weighted by molar-refractivity contribution is 7.12. The van der Waals surface area contributed by atoms with Gasteiger partial charge in [-0.3, -0.25) is 0 Å². The number of carbonyl (C=O) groups is 1. The van der Waals surface area contributed by atoms with Gasteiger partial charge in [0, 0.05) is 23.8 Å². The van der Waals surface area contributed by atoms with Crippen LogP contribution in [-0.2, 0) is 6.61 Å². The van der Waals surface area contributed by atoms with Gasteiger partial charge in [-0.05, 0) is 18.6 Å². The molecule has 0 radical (unpaired) electrons. The molecule has 3 aromatic rings. The Balaban J connectivity index is 1.74. The van der Waals surface area contributed by atoms with Gasteiger partial charge in [-0.2, -0.15) is 0 Å². The van der Waals surface area contributed by atoms with E-state index < -0.39 is 5.97 Å². The number of carboxylic acids is 1. The molecule has 0 aliphatic heterocycles. The Kier molecular flexibility index (Phi) is 3.15. The predicted octanol–water partition coefficient (Wildman–Crippen LogP) is 2.98. The van der Waals surface area contributed by atoms with Gasteiger partial charge in [0.2, 0.25) is 0 Å². The molecule has 3 rings (SSSR count). The van der Waals surface area contributed by atoms with E-state index in [-0.39, 0.29) is 4.88 Å². The minimum Gasteiger partial charge on any atom is -0.486 e. The minimum absolute atomic E-state index is 0.269. The number of aromatic carboxylic acids is 1. The number of thiophene rings is 1. The summed E-state index contributed by atoms with van der Waals surface area (Å²) in [6, 6.07) is 5.48. The maximum atomic E-state index is 10.8. The van der Waals surface area contributed by atoms with Gasteiger partial charge in [-0.1, -0.05) is 6.07 Å². The number of aromatic nitrogens is 2. The van der Waals surface area contributed by atoms with E-state index >= 15 is 0 Å². The first-order chi connectivity index (χ1) is 9.61. The number of pyridine rings is 1. The quantitative estimate of drug-likeness (QED) is 0.801. The molecule has 0 fully saturated rings. The van der Waals surface area contributed by atoms with E-state index in [1.54, 1.807) is 5.38 Å². The number of carboxylic acid groups (broad SMARTS) is 1. The Morgan fingerprint density at radius 3 is 3.05 bits per heavy atom. The number of fused-ring (bicyclic) bond motifs is 1. The Morgan fingerprint density at radius 2 is 2.30 bits per heavy atom. The third-order valence-electron chi connectivity index (χ3n) is 2.82. The fraction of sp³-hybridized carbons (Fsp3) is 0.143. The summed E-state index contributed by atoms with van der Waals surface area (Å²) < 4.78 is 7.50. The van der Waals surface area contributed by atoms with Crippen LogP contribution in [0, 0.1) is 6.92 Å². The second kappa shape index (κ2) is 4.97. The molecule has 0 bridgehead atoms. The molecule has 6 heteroatoms. The second-order valence-corrected chi connectivity index (χ2v) is 5.36. The van der Waals surface area contributed by atoms with Crippen molar-refractivity contribution >= 4 is 23.0 Å². The average molecular weight is 288 g/mol. The van der Waals surface area contributed by atoms with Gasteiger partial charge in [0.1, 0.15) is 22.9 Å². The number of hydrogen-bond acceptors (Lipinski definition) is 4. The number of ether oxygens (including phenoxy) is 1. The molecular formula is C14H12N2O3S. The highest BCUT2D eigenvalue weighted by Crippen LogP contribution is 2.22. The SMILES string of the molecule is Cc1ccc2nc(COc3csc(C(=O)O)c3)cn2c1. The number of hydrogen-bond donors (Lipinski definition) is 1. The van der Waals surface area contributed by atoms with Crippen molar-refractivity contribution in [1.29, 1.82) is 0 Å². The summed E-state index contributed by atoms with van der Waals surface area (Å²) in [5.41, 5.74) is 2.83. The fourth-order valence-corrected chi connectivity index (χ4v) is 2.55. The highest BCUT2D eigenvalue weighted by atomic mass is 32.1. The molecule has 0 saturated carbocycles. The Labute approximate surface area is 119 Å². The molecule has 0 spiro atoms. The lowest BCUT2D eigenvalue weighted by atomic mass is 10.3. The smallest absolute Gasteiger partial charge is 0.346 e. The third kappa shape index (κ3) is 2.50. The Morgan fingerprint density at radius 1 is 1.45 bits per heavy atom. The van der Waals surface area contributed by atoms with Crippen LogP contribution in [0.4, 0.5) is 0 Å². The monoisotopic (exact) mass is 288 g/mol. The van der Waals surface area contributed by atoms with E-state index in [2.05, 4.69) is 4.98 Å². The van der Waals surface area contributed by atoms with Crippen molar-refractivity contribution in [1.82, 2.24) is 9.38 Å². The lowest BCUT2D eigenvalue weighted by molar-refractivity contribution is 0.0702. The van der Waals surface area contributed by atoms with E-state index in [0.29, 0.717) is 12.4 Å². The number of imidazole rings is 1. The first-order valence-electron chi connectivity index (χ1n) is 6.01. The standard InChI is InChI=1S/C14H12N2O3S/c1-9-2-3-13-15-10(6-16(13)5-9)7-19-11-4-12(14(17)18)20-8-11/h2-6,8H,7H2,1H3,(H,17,18). The van der Waals surface area contributed by atoms with E-state index in [9.17, 15) is 4.79 Å². The van der Waals surface area contributed by atoms with Crippen LogP contribution in [0.1, 0.15) is 20.9 Å². The maximum Gasteiger partial charge on any atom is 0.346 e.